The van der Waals surface area contributed by atoms with Gasteiger partial charge in [0.05, 0.1) is 21.5 Å². The first-order valence-electron chi connectivity index (χ1n) is 6.93. The normalized spacial score (nSPS) is 12.5. The minimum Gasteiger partial charge on any atom is -0.271 e. The van der Waals surface area contributed by atoms with Gasteiger partial charge in [-0.25, -0.2) is 10.1 Å². The van der Waals surface area contributed by atoms with Gasteiger partial charge < -0.3 is 0 Å². The van der Waals surface area contributed by atoms with Crippen molar-refractivity contribution < 1.29 is 9.72 Å². The van der Waals surface area contributed by atoms with Gasteiger partial charge in [0, 0.05) is 6.07 Å². The molecule has 2 heterocycles. The summed E-state index contributed by atoms with van der Waals surface area (Å²) in [5.41, 5.74) is 3.85. The van der Waals surface area contributed by atoms with E-state index in [0.29, 0.717) is 10.4 Å². The Balaban J connectivity index is 1.67. The van der Waals surface area contributed by atoms with Crippen LogP contribution in [0.25, 0.3) is 11.0 Å². The Morgan fingerprint density at radius 3 is 2.96 bits per heavy atom. The molecule has 0 bridgehead atoms. The van der Waals surface area contributed by atoms with E-state index in [4.69, 9.17) is 0 Å². The molecular weight excluding hydrogens is 332 g/mol. The standard InChI is InChI=1S/C14H12N6O3S/c1-9(19-12-5-3-2-4-11(12)16-18-19)14(21)17-15-8-10-6-7-13(24-10)20(22)23/h2-9H,1H3,(H,17,21)/b15-8+. The molecule has 10 heteroatoms. The zero-order valence-electron chi connectivity index (χ0n) is 12.5. The topological polar surface area (TPSA) is 115 Å². The molecular formula is C14H12N6O3S. The van der Waals surface area contributed by atoms with Gasteiger partial charge in [-0.3, -0.25) is 14.9 Å². The molecule has 1 atom stereocenters. The van der Waals surface area contributed by atoms with Crippen molar-refractivity contribution in [3.8, 4) is 0 Å². The molecule has 0 saturated heterocycles. The number of carbonyl (C=O) groups is 1. The van der Waals surface area contributed by atoms with Crippen LogP contribution in [0.15, 0.2) is 41.5 Å². The molecule has 122 valence electrons. The summed E-state index contributed by atoms with van der Waals surface area (Å²) in [5, 5.41) is 22.4. The number of benzene rings is 1. The van der Waals surface area contributed by atoms with E-state index in [1.165, 1.54) is 17.0 Å². The average molecular weight is 344 g/mol. The van der Waals surface area contributed by atoms with Crippen LogP contribution in [-0.2, 0) is 4.79 Å². The molecule has 0 saturated carbocycles. The molecule has 0 aliphatic heterocycles. The van der Waals surface area contributed by atoms with Crippen molar-refractivity contribution in [1.29, 1.82) is 0 Å². The molecule has 24 heavy (non-hydrogen) atoms. The lowest BCUT2D eigenvalue weighted by Gasteiger charge is -2.10. The minimum atomic E-state index is -0.604. The van der Waals surface area contributed by atoms with E-state index >= 15 is 0 Å². The second-order valence-electron chi connectivity index (χ2n) is 4.87. The average Bonchev–Trinajstić information content (AvgIpc) is 3.21. The summed E-state index contributed by atoms with van der Waals surface area (Å²) in [4.78, 5) is 22.9. The summed E-state index contributed by atoms with van der Waals surface area (Å²) in [7, 11) is 0. The quantitative estimate of drug-likeness (QED) is 0.432. The number of carbonyl (C=O) groups excluding carboxylic acids is 1. The largest absolute Gasteiger partial charge is 0.324 e. The number of aromatic nitrogens is 3. The van der Waals surface area contributed by atoms with Crippen molar-refractivity contribution in [2.24, 2.45) is 5.10 Å². The first kappa shape index (κ1) is 15.7. The second-order valence-corrected chi connectivity index (χ2v) is 5.96. The molecule has 0 spiro atoms. The second kappa shape index (κ2) is 6.54. The number of nitrogens with one attached hydrogen (secondary N) is 1. The highest BCUT2D eigenvalue weighted by Crippen LogP contribution is 2.22. The fourth-order valence-corrected chi connectivity index (χ4v) is 2.74. The Morgan fingerprint density at radius 2 is 2.21 bits per heavy atom. The van der Waals surface area contributed by atoms with Crippen LogP contribution in [0.2, 0.25) is 0 Å². The predicted molar refractivity (Wildman–Crippen MR) is 88.9 cm³/mol. The number of nitrogens with zero attached hydrogens (tertiary/aromatic N) is 5. The molecule has 0 fully saturated rings. The zero-order valence-corrected chi connectivity index (χ0v) is 13.3. The smallest absolute Gasteiger partial charge is 0.271 e. The molecule has 0 aliphatic rings. The van der Waals surface area contributed by atoms with Crippen molar-refractivity contribution >= 4 is 39.5 Å². The highest BCUT2D eigenvalue weighted by atomic mass is 32.1. The molecule has 1 aromatic carbocycles. The van der Waals surface area contributed by atoms with Crippen LogP contribution < -0.4 is 5.43 Å². The molecule has 1 amide bonds. The number of hydrogen-bond donors (Lipinski definition) is 1. The van der Waals surface area contributed by atoms with Crippen LogP contribution >= 0.6 is 11.3 Å². The van der Waals surface area contributed by atoms with Crippen LogP contribution in [-0.4, -0.2) is 32.0 Å². The van der Waals surface area contributed by atoms with Crippen molar-refractivity contribution in [3.05, 3.63) is 51.4 Å². The fourth-order valence-electron chi connectivity index (χ4n) is 2.05. The lowest BCUT2D eigenvalue weighted by Crippen LogP contribution is -2.28. The highest BCUT2D eigenvalue weighted by molar-refractivity contribution is 7.16. The maximum Gasteiger partial charge on any atom is 0.324 e. The highest BCUT2D eigenvalue weighted by Gasteiger charge is 2.18. The van der Waals surface area contributed by atoms with Gasteiger partial charge in [0.1, 0.15) is 11.6 Å². The summed E-state index contributed by atoms with van der Waals surface area (Å²) in [6.07, 6.45) is 1.36. The van der Waals surface area contributed by atoms with Gasteiger partial charge in [0.15, 0.2) is 0 Å². The van der Waals surface area contributed by atoms with E-state index in [1.54, 1.807) is 13.0 Å². The van der Waals surface area contributed by atoms with E-state index < -0.39 is 11.0 Å². The van der Waals surface area contributed by atoms with Crippen LogP contribution in [0.4, 0.5) is 5.00 Å². The molecule has 0 aliphatic carbocycles. The van der Waals surface area contributed by atoms with Crippen molar-refractivity contribution in [2.45, 2.75) is 13.0 Å². The van der Waals surface area contributed by atoms with Crippen LogP contribution in [0.1, 0.15) is 17.8 Å². The number of amides is 1. The molecule has 0 radical (unpaired) electrons. The first-order valence-corrected chi connectivity index (χ1v) is 7.75. The van der Waals surface area contributed by atoms with Gasteiger partial charge in [-0.1, -0.05) is 28.7 Å². The third-order valence-corrected chi connectivity index (χ3v) is 4.25. The van der Waals surface area contributed by atoms with E-state index in [0.717, 1.165) is 16.9 Å². The maximum atomic E-state index is 12.2. The lowest BCUT2D eigenvalue weighted by atomic mass is 10.3. The van der Waals surface area contributed by atoms with E-state index in [-0.39, 0.29) is 10.9 Å². The number of rotatable bonds is 5. The third-order valence-electron chi connectivity index (χ3n) is 3.28. The van der Waals surface area contributed by atoms with Crippen LogP contribution in [0, 0.1) is 10.1 Å². The first-order chi connectivity index (χ1) is 11.6. The van der Waals surface area contributed by atoms with Gasteiger partial charge in [0.25, 0.3) is 5.91 Å². The molecule has 1 unspecified atom stereocenters. The third kappa shape index (κ3) is 3.13. The minimum absolute atomic E-state index is 0.0187. The van der Waals surface area contributed by atoms with Gasteiger partial charge in [-0.15, -0.1) is 5.10 Å². The van der Waals surface area contributed by atoms with Crippen LogP contribution in [0.5, 0.6) is 0 Å². The summed E-state index contributed by atoms with van der Waals surface area (Å²) < 4.78 is 1.51. The summed E-state index contributed by atoms with van der Waals surface area (Å²) in [5.74, 6) is -0.368. The number of nitro groups is 1. The van der Waals surface area contributed by atoms with E-state index in [1.807, 2.05) is 24.3 Å². The Kier molecular flexibility index (Phi) is 4.29. The zero-order chi connectivity index (χ0) is 17.1. The Bertz CT molecular complexity index is 931. The van der Waals surface area contributed by atoms with Gasteiger partial charge in [-0.05, 0) is 25.1 Å². The summed E-state index contributed by atoms with van der Waals surface area (Å²) in [6, 6.07) is 9.67. The van der Waals surface area contributed by atoms with Crippen LogP contribution in [0.3, 0.4) is 0 Å². The van der Waals surface area contributed by atoms with E-state index in [2.05, 4.69) is 20.8 Å². The van der Waals surface area contributed by atoms with Gasteiger partial charge >= 0.3 is 5.00 Å². The number of hydrogen-bond acceptors (Lipinski definition) is 7. The van der Waals surface area contributed by atoms with Crippen molar-refractivity contribution in [1.82, 2.24) is 20.4 Å². The number of hydrazone groups is 1. The van der Waals surface area contributed by atoms with Gasteiger partial charge in [0.2, 0.25) is 0 Å². The molecule has 9 nitrogen and oxygen atoms in total. The molecule has 3 rings (SSSR count). The van der Waals surface area contributed by atoms with E-state index in [9.17, 15) is 14.9 Å². The molecule has 3 aromatic rings. The number of para-hydroxylation sites is 1. The van der Waals surface area contributed by atoms with Gasteiger partial charge in [-0.2, -0.15) is 5.10 Å². The molecule has 2 aromatic heterocycles. The summed E-state index contributed by atoms with van der Waals surface area (Å²) >= 11 is 0.973. The van der Waals surface area contributed by atoms with Crippen molar-refractivity contribution in [2.75, 3.05) is 0 Å². The monoisotopic (exact) mass is 344 g/mol. The molecule has 1 N–H and O–H groups in total. The number of fused-ring (bicyclic) bond motifs is 1. The SMILES string of the molecule is CC(C(=O)N/N=C/c1ccc([N+](=O)[O-])s1)n1nnc2ccccc21. The Hall–Kier alpha value is -3.14. The predicted octanol–water partition coefficient (Wildman–Crippen LogP) is 2.11. The fraction of sp³-hybridized carbons (Fsp3) is 0.143. The Labute approximate surface area is 139 Å². The number of thiophene rings is 1. The maximum absolute atomic E-state index is 12.2. The lowest BCUT2D eigenvalue weighted by molar-refractivity contribution is -0.380. The summed E-state index contributed by atoms with van der Waals surface area (Å²) in [6.45, 7) is 1.68. The van der Waals surface area contributed by atoms with Crippen molar-refractivity contribution in [3.63, 3.8) is 0 Å². The Morgan fingerprint density at radius 1 is 1.42 bits per heavy atom.